The lowest BCUT2D eigenvalue weighted by Gasteiger charge is -2.24. The number of carbonyl (C=O) groups excluding carboxylic acids is 1. The van der Waals surface area contributed by atoms with Crippen molar-refractivity contribution in [1.29, 1.82) is 0 Å². The first-order chi connectivity index (χ1) is 9.15. The van der Waals surface area contributed by atoms with E-state index in [1.165, 1.54) is 12.8 Å². The Kier molecular flexibility index (Phi) is 3.63. The molecule has 0 saturated carbocycles. The van der Waals surface area contributed by atoms with Gasteiger partial charge in [-0.2, -0.15) is 0 Å². The average molecular weight is 323 g/mol. The monoisotopic (exact) mass is 322 g/mol. The van der Waals surface area contributed by atoms with Gasteiger partial charge in [-0.1, -0.05) is 22.0 Å². The second kappa shape index (κ2) is 5.25. The minimum Gasteiger partial charge on any atom is -0.337 e. The second-order valence-corrected chi connectivity index (χ2v) is 6.55. The molecule has 4 heteroatoms. The molecule has 0 spiro atoms. The van der Waals surface area contributed by atoms with Gasteiger partial charge >= 0.3 is 0 Å². The van der Waals surface area contributed by atoms with E-state index in [1.54, 1.807) is 0 Å². The lowest BCUT2D eigenvalue weighted by molar-refractivity contribution is 0.0785. The van der Waals surface area contributed by atoms with Crippen molar-refractivity contribution in [3.63, 3.8) is 0 Å². The average Bonchev–Trinajstić information content (AvgIpc) is 2.84. The van der Waals surface area contributed by atoms with Gasteiger partial charge in [-0.15, -0.1) is 0 Å². The Morgan fingerprint density at radius 3 is 3.05 bits per heavy atom. The maximum atomic E-state index is 12.6. The molecule has 2 saturated heterocycles. The maximum Gasteiger partial charge on any atom is 0.254 e. The van der Waals surface area contributed by atoms with Crippen molar-refractivity contribution in [1.82, 2.24) is 10.2 Å². The highest BCUT2D eigenvalue weighted by atomic mass is 79.9. The van der Waals surface area contributed by atoms with Crippen LogP contribution in [0.25, 0.3) is 0 Å². The zero-order valence-electron chi connectivity index (χ0n) is 11.2. The van der Waals surface area contributed by atoms with Crippen LogP contribution in [-0.4, -0.2) is 36.5 Å². The molecule has 1 aromatic carbocycles. The molecule has 1 aromatic rings. The Balaban J connectivity index is 1.79. The molecule has 2 aliphatic heterocycles. The molecule has 0 unspecified atom stereocenters. The first kappa shape index (κ1) is 13.1. The minimum absolute atomic E-state index is 0.176. The fraction of sp³-hybridized carbons (Fsp3) is 0.533. The number of hydrogen-bond donors (Lipinski definition) is 1. The van der Waals surface area contributed by atoms with E-state index in [0.717, 1.165) is 35.2 Å². The molecule has 1 amide bonds. The van der Waals surface area contributed by atoms with Gasteiger partial charge in [0, 0.05) is 29.2 Å². The van der Waals surface area contributed by atoms with Crippen molar-refractivity contribution in [3.05, 3.63) is 33.8 Å². The lowest BCUT2D eigenvalue weighted by Crippen LogP contribution is -2.41. The number of rotatable bonds is 1. The summed E-state index contributed by atoms with van der Waals surface area (Å²) in [5.74, 6) is 0.820. The van der Waals surface area contributed by atoms with Gasteiger partial charge in [0.1, 0.15) is 0 Å². The van der Waals surface area contributed by atoms with Gasteiger partial charge in [0.25, 0.3) is 5.91 Å². The predicted octanol–water partition coefficient (Wildman–Crippen LogP) is 2.58. The number of fused-ring (bicyclic) bond motifs is 1. The van der Waals surface area contributed by atoms with Crippen molar-refractivity contribution in [3.8, 4) is 0 Å². The molecule has 2 atom stereocenters. The molecule has 0 aromatic heterocycles. The van der Waals surface area contributed by atoms with Crippen molar-refractivity contribution in [2.45, 2.75) is 25.8 Å². The van der Waals surface area contributed by atoms with E-state index in [4.69, 9.17) is 0 Å². The zero-order chi connectivity index (χ0) is 13.4. The number of nitrogens with one attached hydrogen (secondary N) is 1. The van der Waals surface area contributed by atoms with E-state index < -0.39 is 0 Å². The molecule has 0 aliphatic carbocycles. The minimum atomic E-state index is 0.176. The van der Waals surface area contributed by atoms with Gasteiger partial charge in [-0.3, -0.25) is 4.79 Å². The van der Waals surface area contributed by atoms with Crippen molar-refractivity contribution >= 4 is 21.8 Å². The van der Waals surface area contributed by atoms with Gasteiger partial charge in [0.05, 0.1) is 0 Å². The Morgan fingerprint density at radius 2 is 2.26 bits per heavy atom. The zero-order valence-corrected chi connectivity index (χ0v) is 12.7. The van der Waals surface area contributed by atoms with Crippen LogP contribution < -0.4 is 5.32 Å². The van der Waals surface area contributed by atoms with Crippen LogP contribution in [0.1, 0.15) is 28.8 Å². The summed E-state index contributed by atoms with van der Waals surface area (Å²) < 4.78 is 0.969. The summed E-state index contributed by atoms with van der Waals surface area (Å²) in [4.78, 5) is 14.7. The van der Waals surface area contributed by atoms with Crippen LogP contribution in [0.2, 0.25) is 0 Å². The van der Waals surface area contributed by atoms with E-state index in [1.807, 2.05) is 30.0 Å². The maximum absolute atomic E-state index is 12.6. The fourth-order valence-corrected chi connectivity index (χ4v) is 3.57. The predicted molar refractivity (Wildman–Crippen MR) is 79.3 cm³/mol. The molecule has 3 rings (SSSR count). The largest absolute Gasteiger partial charge is 0.337 e. The normalized spacial score (nSPS) is 26.3. The van der Waals surface area contributed by atoms with E-state index in [0.29, 0.717) is 12.0 Å². The summed E-state index contributed by atoms with van der Waals surface area (Å²) in [7, 11) is 0. The summed E-state index contributed by atoms with van der Waals surface area (Å²) in [5.41, 5.74) is 1.88. The van der Waals surface area contributed by atoms with Crippen LogP contribution >= 0.6 is 15.9 Å². The summed E-state index contributed by atoms with van der Waals surface area (Å²) in [6.07, 6.45) is 2.48. The number of piperidine rings is 1. The van der Waals surface area contributed by atoms with Crippen LogP contribution in [0.15, 0.2) is 22.7 Å². The molecule has 3 nitrogen and oxygen atoms in total. The number of carbonyl (C=O) groups is 1. The highest BCUT2D eigenvalue weighted by Gasteiger charge is 2.36. The number of hydrogen-bond acceptors (Lipinski definition) is 2. The second-order valence-electron chi connectivity index (χ2n) is 5.63. The van der Waals surface area contributed by atoms with Crippen LogP contribution in [0, 0.1) is 12.8 Å². The van der Waals surface area contributed by atoms with E-state index in [2.05, 4.69) is 21.2 Å². The van der Waals surface area contributed by atoms with Gasteiger partial charge in [0.2, 0.25) is 0 Å². The van der Waals surface area contributed by atoms with Crippen LogP contribution in [0.3, 0.4) is 0 Å². The molecule has 19 heavy (non-hydrogen) atoms. The fourth-order valence-electron chi connectivity index (χ4n) is 3.21. The highest BCUT2D eigenvalue weighted by Crippen LogP contribution is 2.27. The molecule has 2 aliphatic rings. The highest BCUT2D eigenvalue weighted by molar-refractivity contribution is 9.10. The molecular weight excluding hydrogens is 304 g/mol. The van der Waals surface area contributed by atoms with Gasteiger partial charge < -0.3 is 10.2 Å². The number of benzene rings is 1. The van der Waals surface area contributed by atoms with Crippen molar-refractivity contribution in [2.24, 2.45) is 5.92 Å². The third-order valence-corrected chi connectivity index (χ3v) is 4.81. The molecule has 2 fully saturated rings. The smallest absolute Gasteiger partial charge is 0.254 e. The Morgan fingerprint density at radius 1 is 1.42 bits per heavy atom. The van der Waals surface area contributed by atoms with Gasteiger partial charge in [0.15, 0.2) is 0 Å². The van der Waals surface area contributed by atoms with Crippen LogP contribution in [-0.2, 0) is 0 Å². The van der Waals surface area contributed by atoms with Crippen molar-refractivity contribution in [2.75, 3.05) is 19.6 Å². The van der Waals surface area contributed by atoms with Crippen LogP contribution in [0.5, 0.6) is 0 Å². The summed E-state index contributed by atoms with van der Waals surface area (Å²) in [6.45, 7) is 4.86. The third-order valence-electron chi connectivity index (χ3n) is 4.32. The molecule has 2 heterocycles. The van der Waals surface area contributed by atoms with E-state index in [9.17, 15) is 4.79 Å². The van der Waals surface area contributed by atoms with Crippen LogP contribution in [0.4, 0.5) is 0 Å². The molecule has 1 N–H and O–H groups in total. The number of aryl methyl sites for hydroxylation is 1. The number of amides is 1. The van der Waals surface area contributed by atoms with Gasteiger partial charge in [-0.25, -0.2) is 0 Å². The van der Waals surface area contributed by atoms with E-state index >= 15 is 0 Å². The Labute approximate surface area is 122 Å². The quantitative estimate of drug-likeness (QED) is 0.862. The number of halogens is 1. The first-order valence-corrected chi connectivity index (χ1v) is 7.73. The lowest BCUT2D eigenvalue weighted by atomic mass is 9.94. The van der Waals surface area contributed by atoms with Gasteiger partial charge in [-0.05, 0) is 49.9 Å². The standard InChI is InChI=1S/C15H19BrN2O/c1-10-4-5-12(16)7-13(10)15(19)18-8-11-3-2-6-17-14(11)9-18/h4-5,7,11,14,17H,2-3,6,8-9H2,1H3/t11-,14+/m0/s1. The topological polar surface area (TPSA) is 32.3 Å². The van der Waals surface area contributed by atoms with E-state index in [-0.39, 0.29) is 5.91 Å². The number of likely N-dealkylation sites (tertiary alicyclic amines) is 1. The summed E-state index contributed by atoms with van der Waals surface area (Å²) in [5, 5.41) is 3.54. The Bertz CT molecular complexity index is 489. The molecule has 0 bridgehead atoms. The Hall–Kier alpha value is -0.870. The summed E-state index contributed by atoms with van der Waals surface area (Å²) >= 11 is 3.45. The molecule has 0 radical (unpaired) electrons. The molecule has 102 valence electrons. The van der Waals surface area contributed by atoms with Crippen molar-refractivity contribution < 1.29 is 4.79 Å². The summed E-state index contributed by atoms with van der Waals surface area (Å²) in [6, 6.07) is 6.42. The first-order valence-electron chi connectivity index (χ1n) is 6.94. The number of nitrogens with zero attached hydrogens (tertiary/aromatic N) is 1. The molecular formula is C15H19BrN2O. The third kappa shape index (κ3) is 2.56. The SMILES string of the molecule is Cc1ccc(Br)cc1C(=O)N1C[C@@H]2CCCN[C@@H]2C1.